The molecular weight excluding hydrogens is 156 g/mol. The third-order valence-corrected chi connectivity index (χ3v) is 1.60. The average Bonchev–Trinajstić information content (AvgIpc) is 2.58. The van der Waals surface area contributed by atoms with Gasteiger partial charge in [-0.1, -0.05) is 6.08 Å². The standard InChI is InChI=1S/C9H10O3/c1-2-7(6-10)9(11)8-4-3-5-12-8/h2-6,9,11H,1H3/b7-2-. The molecule has 0 aliphatic rings. The van der Waals surface area contributed by atoms with Crippen molar-refractivity contribution in [1.82, 2.24) is 0 Å². The summed E-state index contributed by atoms with van der Waals surface area (Å²) in [6.45, 7) is 1.69. The van der Waals surface area contributed by atoms with Gasteiger partial charge in [0.05, 0.1) is 6.26 Å². The first-order chi connectivity index (χ1) is 5.79. The first kappa shape index (κ1) is 8.74. The van der Waals surface area contributed by atoms with Gasteiger partial charge in [-0.15, -0.1) is 0 Å². The lowest BCUT2D eigenvalue weighted by Crippen LogP contribution is -2.00. The van der Waals surface area contributed by atoms with Gasteiger partial charge in [0.1, 0.15) is 18.2 Å². The molecule has 3 nitrogen and oxygen atoms in total. The number of carbonyl (C=O) groups excluding carboxylic acids is 1. The summed E-state index contributed by atoms with van der Waals surface area (Å²) in [5.74, 6) is 0.384. The van der Waals surface area contributed by atoms with E-state index in [1.165, 1.54) is 6.26 Å². The van der Waals surface area contributed by atoms with Gasteiger partial charge in [-0.3, -0.25) is 4.79 Å². The number of aliphatic hydroxyl groups is 1. The topological polar surface area (TPSA) is 50.4 Å². The number of allylic oxidation sites excluding steroid dienone is 1. The Kier molecular flexibility index (Phi) is 2.82. The Bertz CT molecular complexity index is 272. The van der Waals surface area contributed by atoms with Crippen LogP contribution in [0.3, 0.4) is 0 Å². The van der Waals surface area contributed by atoms with E-state index in [0.717, 1.165) is 0 Å². The fourth-order valence-corrected chi connectivity index (χ4v) is 0.901. The highest BCUT2D eigenvalue weighted by Gasteiger charge is 2.13. The molecular formula is C9H10O3. The third-order valence-electron chi connectivity index (χ3n) is 1.60. The molecule has 0 spiro atoms. The van der Waals surface area contributed by atoms with E-state index in [0.29, 0.717) is 17.6 Å². The van der Waals surface area contributed by atoms with Crippen LogP contribution in [0.2, 0.25) is 0 Å². The van der Waals surface area contributed by atoms with Crippen LogP contribution in [-0.4, -0.2) is 11.4 Å². The number of rotatable bonds is 3. The molecule has 0 saturated heterocycles. The van der Waals surface area contributed by atoms with E-state index >= 15 is 0 Å². The number of hydrogen-bond acceptors (Lipinski definition) is 3. The Morgan fingerprint density at radius 1 is 1.75 bits per heavy atom. The van der Waals surface area contributed by atoms with Crippen molar-refractivity contribution in [3.63, 3.8) is 0 Å². The lowest BCUT2D eigenvalue weighted by Gasteiger charge is -2.05. The van der Waals surface area contributed by atoms with Crippen molar-refractivity contribution in [2.45, 2.75) is 13.0 Å². The second-order valence-electron chi connectivity index (χ2n) is 2.32. The van der Waals surface area contributed by atoms with Crippen LogP contribution in [-0.2, 0) is 4.79 Å². The quantitative estimate of drug-likeness (QED) is 0.546. The van der Waals surface area contributed by atoms with Gasteiger partial charge >= 0.3 is 0 Å². The smallest absolute Gasteiger partial charge is 0.148 e. The van der Waals surface area contributed by atoms with E-state index in [-0.39, 0.29) is 0 Å². The van der Waals surface area contributed by atoms with Crippen LogP contribution in [0, 0.1) is 0 Å². The van der Waals surface area contributed by atoms with Crippen molar-refractivity contribution in [2.75, 3.05) is 0 Å². The van der Waals surface area contributed by atoms with Crippen molar-refractivity contribution in [3.8, 4) is 0 Å². The van der Waals surface area contributed by atoms with Gasteiger partial charge in [0.15, 0.2) is 0 Å². The number of aldehydes is 1. The molecule has 0 saturated carbocycles. The van der Waals surface area contributed by atoms with Gasteiger partial charge in [0.25, 0.3) is 0 Å². The van der Waals surface area contributed by atoms with E-state index in [2.05, 4.69) is 0 Å². The molecule has 0 aliphatic heterocycles. The molecule has 1 rings (SSSR count). The fourth-order valence-electron chi connectivity index (χ4n) is 0.901. The third kappa shape index (κ3) is 1.62. The summed E-state index contributed by atoms with van der Waals surface area (Å²) in [4.78, 5) is 10.4. The monoisotopic (exact) mass is 166 g/mol. The first-order valence-corrected chi connectivity index (χ1v) is 3.62. The largest absolute Gasteiger partial charge is 0.466 e. The van der Waals surface area contributed by atoms with Crippen molar-refractivity contribution < 1.29 is 14.3 Å². The summed E-state index contributed by atoms with van der Waals surface area (Å²) < 4.78 is 4.93. The minimum absolute atomic E-state index is 0.310. The Hall–Kier alpha value is -1.35. The number of aliphatic hydroxyl groups excluding tert-OH is 1. The van der Waals surface area contributed by atoms with Crippen molar-refractivity contribution in [2.24, 2.45) is 0 Å². The first-order valence-electron chi connectivity index (χ1n) is 3.62. The molecule has 0 aliphatic carbocycles. The summed E-state index contributed by atoms with van der Waals surface area (Å²) in [6.07, 6.45) is 2.69. The second-order valence-corrected chi connectivity index (χ2v) is 2.32. The minimum atomic E-state index is -0.942. The molecule has 3 heteroatoms. The van der Waals surface area contributed by atoms with Crippen molar-refractivity contribution in [3.05, 3.63) is 35.8 Å². The Labute approximate surface area is 70.3 Å². The highest BCUT2D eigenvalue weighted by molar-refractivity contribution is 5.74. The zero-order valence-electron chi connectivity index (χ0n) is 6.73. The summed E-state index contributed by atoms with van der Waals surface area (Å²) in [6, 6.07) is 3.29. The average molecular weight is 166 g/mol. The van der Waals surface area contributed by atoms with Crippen LogP contribution >= 0.6 is 0 Å². The zero-order valence-corrected chi connectivity index (χ0v) is 6.73. The van der Waals surface area contributed by atoms with Crippen LogP contribution in [0.4, 0.5) is 0 Å². The van der Waals surface area contributed by atoms with Gasteiger partial charge in [-0.25, -0.2) is 0 Å². The lowest BCUT2D eigenvalue weighted by atomic mass is 10.1. The highest BCUT2D eigenvalue weighted by Crippen LogP contribution is 2.19. The summed E-state index contributed by atoms with van der Waals surface area (Å²) >= 11 is 0. The van der Waals surface area contributed by atoms with Crippen molar-refractivity contribution in [1.29, 1.82) is 0 Å². The van der Waals surface area contributed by atoms with Gasteiger partial charge in [0, 0.05) is 5.57 Å². The molecule has 1 heterocycles. The van der Waals surface area contributed by atoms with Gasteiger partial charge in [0.2, 0.25) is 0 Å². The van der Waals surface area contributed by atoms with E-state index < -0.39 is 6.10 Å². The van der Waals surface area contributed by atoms with Gasteiger partial charge in [-0.05, 0) is 19.1 Å². The SMILES string of the molecule is C/C=C(/C=O)C(O)c1ccco1. The Balaban J connectivity index is 2.84. The molecule has 1 aromatic heterocycles. The normalized spacial score (nSPS) is 14.3. The van der Waals surface area contributed by atoms with Crippen LogP contribution < -0.4 is 0 Å². The lowest BCUT2D eigenvalue weighted by molar-refractivity contribution is -0.105. The van der Waals surface area contributed by atoms with Gasteiger partial charge < -0.3 is 9.52 Å². The minimum Gasteiger partial charge on any atom is -0.466 e. The zero-order chi connectivity index (χ0) is 8.97. The van der Waals surface area contributed by atoms with Crippen LogP contribution in [0.15, 0.2) is 34.5 Å². The summed E-state index contributed by atoms with van der Waals surface area (Å²) in [5.41, 5.74) is 0.310. The maximum atomic E-state index is 10.4. The maximum absolute atomic E-state index is 10.4. The van der Waals surface area contributed by atoms with Crippen LogP contribution in [0.1, 0.15) is 18.8 Å². The summed E-state index contributed by atoms with van der Waals surface area (Å²) in [7, 11) is 0. The summed E-state index contributed by atoms with van der Waals surface area (Å²) in [5, 5.41) is 9.48. The molecule has 0 radical (unpaired) electrons. The van der Waals surface area contributed by atoms with E-state index in [1.807, 2.05) is 0 Å². The predicted octanol–water partition coefficient (Wildman–Crippen LogP) is 1.46. The van der Waals surface area contributed by atoms with E-state index in [4.69, 9.17) is 4.42 Å². The van der Waals surface area contributed by atoms with Crippen LogP contribution in [0.5, 0.6) is 0 Å². The predicted molar refractivity (Wildman–Crippen MR) is 43.5 cm³/mol. The second kappa shape index (κ2) is 3.88. The molecule has 0 aromatic carbocycles. The molecule has 64 valence electrons. The molecule has 0 amide bonds. The Morgan fingerprint density at radius 3 is 2.92 bits per heavy atom. The molecule has 0 fully saturated rings. The maximum Gasteiger partial charge on any atom is 0.148 e. The van der Waals surface area contributed by atoms with E-state index in [1.54, 1.807) is 25.1 Å². The molecule has 12 heavy (non-hydrogen) atoms. The Morgan fingerprint density at radius 2 is 2.50 bits per heavy atom. The van der Waals surface area contributed by atoms with E-state index in [9.17, 15) is 9.90 Å². The number of carbonyl (C=O) groups is 1. The molecule has 1 unspecified atom stereocenters. The molecule has 1 atom stereocenters. The number of furan rings is 1. The molecule has 1 aromatic rings. The number of hydrogen-bond donors (Lipinski definition) is 1. The van der Waals surface area contributed by atoms with Crippen LogP contribution in [0.25, 0.3) is 0 Å². The highest BCUT2D eigenvalue weighted by atomic mass is 16.4. The fraction of sp³-hybridized carbons (Fsp3) is 0.222. The van der Waals surface area contributed by atoms with Crippen molar-refractivity contribution >= 4 is 6.29 Å². The molecule has 1 N–H and O–H groups in total. The van der Waals surface area contributed by atoms with Gasteiger partial charge in [-0.2, -0.15) is 0 Å². The molecule has 0 bridgehead atoms.